The van der Waals surface area contributed by atoms with E-state index in [1.165, 1.54) is 12.0 Å². The Morgan fingerprint density at radius 2 is 1.93 bits per heavy atom. The SMILES string of the molecule is Cc1nc2cnc(-c3ccc(N4CCOCC4)cc3)cn2c1NC(=O)c1ccco1. The van der Waals surface area contributed by atoms with Gasteiger partial charge in [-0.15, -0.1) is 0 Å². The fourth-order valence-corrected chi connectivity index (χ4v) is 3.61. The lowest BCUT2D eigenvalue weighted by molar-refractivity contribution is 0.0996. The molecule has 0 spiro atoms. The lowest BCUT2D eigenvalue weighted by Crippen LogP contribution is -2.36. The van der Waals surface area contributed by atoms with E-state index in [2.05, 4.69) is 44.5 Å². The molecule has 0 atom stereocenters. The molecule has 1 aliphatic rings. The Bertz CT molecular complexity index is 1180. The molecule has 0 saturated carbocycles. The number of morpholine rings is 1. The molecule has 3 aromatic heterocycles. The maximum absolute atomic E-state index is 12.4. The molecule has 8 heteroatoms. The van der Waals surface area contributed by atoms with Gasteiger partial charge in [0.1, 0.15) is 5.82 Å². The number of carbonyl (C=O) groups excluding carboxylic acids is 1. The Balaban J connectivity index is 1.45. The highest BCUT2D eigenvalue weighted by Crippen LogP contribution is 2.25. The number of benzene rings is 1. The van der Waals surface area contributed by atoms with Crippen LogP contribution in [0.1, 0.15) is 16.2 Å². The lowest BCUT2D eigenvalue weighted by atomic mass is 10.1. The quantitative estimate of drug-likeness (QED) is 0.562. The Hall–Kier alpha value is -3.65. The molecule has 1 amide bonds. The summed E-state index contributed by atoms with van der Waals surface area (Å²) in [5.41, 5.74) is 4.32. The van der Waals surface area contributed by atoms with E-state index >= 15 is 0 Å². The highest BCUT2D eigenvalue weighted by Gasteiger charge is 2.16. The van der Waals surface area contributed by atoms with Crippen LogP contribution in [0.5, 0.6) is 0 Å². The van der Waals surface area contributed by atoms with E-state index in [4.69, 9.17) is 9.15 Å². The van der Waals surface area contributed by atoms with Gasteiger partial charge in [-0.05, 0) is 31.2 Å². The number of nitrogens with one attached hydrogen (secondary N) is 1. The molecule has 4 aromatic rings. The first-order valence-electron chi connectivity index (χ1n) is 9.82. The molecule has 1 N–H and O–H groups in total. The van der Waals surface area contributed by atoms with Crippen LogP contribution in [0.15, 0.2) is 59.5 Å². The number of aromatic nitrogens is 3. The van der Waals surface area contributed by atoms with Crippen LogP contribution >= 0.6 is 0 Å². The fourth-order valence-electron chi connectivity index (χ4n) is 3.61. The number of fused-ring (bicyclic) bond motifs is 1. The number of amides is 1. The van der Waals surface area contributed by atoms with Crippen molar-refractivity contribution in [2.24, 2.45) is 0 Å². The summed E-state index contributed by atoms with van der Waals surface area (Å²) < 4.78 is 12.4. The van der Waals surface area contributed by atoms with Gasteiger partial charge in [0.25, 0.3) is 5.91 Å². The molecule has 1 aliphatic heterocycles. The van der Waals surface area contributed by atoms with Crippen LogP contribution in [0.25, 0.3) is 16.9 Å². The second-order valence-electron chi connectivity index (χ2n) is 7.12. The molecule has 8 nitrogen and oxygen atoms in total. The van der Waals surface area contributed by atoms with E-state index in [1.807, 2.05) is 17.5 Å². The van der Waals surface area contributed by atoms with Gasteiger partial charge in [-0.1, -0.05) is 12.1 Å². The predicted molar refractivity (Wildman–Crippen MR) is 113 cm³/mol. The average molecular weight is 403 g/mol. The van der Waals surface area contributed by atoms with Gasteiger partial charge >= 0.3 is 0 Å². The third kappa shape index (κ3) is 3.42. The molecule has 5 rings (SSSR count). The molecular weight excluding hydrogens is 382 g/mol. The molecule has 1 saturated heterocycles. The Kier molecular flexibility index (Phi) is 4.68. The Labute approximate surface area is 173 Å². The standard InChI is InChI=1S/C22H21N5O3/c1-15-21(25-22(28)19-3-2-10-30-19)27-14-18(23-13-20(27)24-15)16-4-6-17(7-5-16)26-8-11-29-12-9-26/h2-7,10,13-14H,8-9,11-12H2,1H3,(H,25,28). The molecule has 4 heterocycles. The number of hydrogen-bond acceptors (Lipinski definition) is 6. The molecule has 1 aromatic carbocycles. The van der Waals surface area contributed by atoms with E-state index in [1.54, 1.807) is 18.3 Å². The summed E-state index contributed by atoms with van der Waals surface area (Å²) in [6.07, 6.45) is 5.07. The van der Waals surface area contributed by atoms with Crippen molar-refractivity contribution < 1.29 is 13.9 Å². The van der Waals surface area contributed by atoms with Crippen LogP contribution in [0.2, 0.25) is 0 Å². The van der Waals surface area contributed by atoms with E-state index in [0.717, 1.165) is 37.6 Å². The summed E-state index contributed by atoms with van der Waals surface area (Å²) in [6, 6.07) is 11.6. The summed E-state index contributed by atoms with van der Waals surface area (Å²) in [5, 5.41) is 2.89. The van der Waals surface area contributed by atoms with Gasteiger partial charge in [0.15, 0.2) is 11.4 Å². The van der Waals surface area contributed by atoms with Crippen molar-refractivity contribution in [3.05, 3.63) is 66.5 Å². The number of nitrogens with zero attached hydrogens (tertiary/aromatic N) is 4. The number of rotatable bonds is 4. The molecular formula is C22H21N5O3. The van der Waals surface area contributed by atoms with Crippen LogP contribution in [-0.4, -0.2) is 46.6 Å². The second-order valence-corrected chi connectivity index (χ2v) is 7.12. The molecule has 0 aliphatic carbocycles. The van der Waals surface area contributed by atoms with Crippen LogP contribution in [0.4, 0.5) is 11.5 Å². The van der Waals surface area contributed by atoms with Crippen LogP contribution < -0.4 is 10.2 Å². The van der Waals surface area contributed by atoms with Crippen LogP contribution in [0.3, 0.4) is 0 Å². The predicted octanol–water partition coefficient (Wildman–Crippen LogP) is 3.39. The monoisotopic (exact) mass is 403 g/mol. The van der Waals surface area contributed by atoms with Crippen molar-refractivity contribution in [2.75, 3.05) is 36.5 Å². The van der Waals surface area contributed by atoms with Gasteiger partial charge in [0, 0.05) is 30.5 Å². The average Bonchev–Trinajstić information content (AvgIpc) is 3.43. The summed E-state index contributed by atoms with van der Waals surface area (Å²) in [6.45, 7) is 5.16. The zero-order valence-corrected chi connectivity index (χ0v) is 16.5. The number of furan rings is 1. The molecule has 30 heavy (non-hydrogen) atoms. The van der Waals surface area contributed by atoms with Gasteiger partial charge in [0.05, 0.1) is 37.1 Å². The number of aryl methyl sites for hydroxylation is 1. The summed E-state index contributed by atoms with van der Waals surface area (Å²) in [5.74, 6) is 0.524. The van der Waals surface area contributed by atoms with Crippen molar-refractivity contribution in [2.45, 2.75) is 6.92 Å². The molecule has 0 unspecified atom stereocenters. The minimum Gasteiger partial charge on any atom is -0.459 e. The summed E-state index contributed by atoms with van der Waals surface area (Å²) in [7, 11) is 0. The first-order valence-corrected chi connectivity index (χ1v) is 9.82. The van der Waals surface area contributed by atoms with Crippen molar-refractivity contribution in [1.29, 1.82) is 0 Å². The van der Waals surface area contributed by atoms with Crippen molar-refractivity contribution in [3.8, 4) is 11.3 Å². The first kappa shape index (κ1) is 18.4. The maximum atomic E-state index is 12.4. The normalized spacial score (nSPS) is 14.2. The van der Waals surface area contributed by atoms with E-state index < -0.39 is 0 Å². The zero-order chi connectivity index (χ0) is 20.5. The Morgan fingerprint density at radius 1 is 1.13 bits per heavy atom. The minimum absolute atomic E-state index is 0.248. The third-order valence-corrected chi connectivity index (χ3v) is 5.20. The summed E-state index contributed by atoms with van der Waals surface area (Å²) in [4.78, 5) is 23.8. The number of ether oxygens (including phenoxy) is 1. The molecule has 0 bridgehead atoms. The van der Waals surface area contributed by atoms with E-state index in [0.29, 0.717) is 17.2 Å². The van der Waals surface area contributed by atoms with Gasteiger partial charge in [0.2, 0.25) is 0 Å². The lowest BCUT2D eigenvalue weighted by Gasteiger charge is -2.28. The molecule has 1 fully saturated rings. The minimum atomic E-state index is -0.321. The highest BCUT2D eigenvalue weighted by atomic mass is 16.5. The van der Waals surface area contributed by atoms with Gasteiger partial charge in [-0.2, -0.15) is 0 Å². The Morgan fingerprint density at radius 3 is 2.67 bits per heavy atom. The largest absolute Gasteiger partial charge is 0.459 e. The van der Waals surface area contributed by atoms with Gasteiger partial charge in [-0.25, -0.2) is 4.98 Å². The van der Waals surface area contributed by atoms with Gasteiger partial charge < -0.3 is 19.4 Å². The van der Waals surface area contributed by atoms with Crippen molar-refractivity contribution in [3.63, 3.8) is 0 Å². The smallest absolute Gasteiger partial charge is 0.292 e. The van der Waals surface area contributed by atoms with Crippen molar-refractivity contribution >= 4 is 23.1 Å². The zero-order valence-electron chi connectivity index (χ0n) is 16.5. The van der Waals surface area contributed by atoms with E-state index in [9.17, 15) is 4.79 Å². The molecule has 152 valence electrons. The number of imidazole rings is 1. The fraction of sp³-hybridized carbons (Fsp3) is 0.227. The maximum Gasteiger partial charge on any atom is 0.292 e. The van der Waals surface area contributed by atoms with Gasteiger partial charge in [-0.3, -0.25) is 14.2 Å². The topological polar surface area (TPSA) is 84.9 Å². The third-order valence-electron chi connectivity index (χ3n) is 5.20. The number of carbonyl (C=O) groups is 1. The number of anilines is 2. The molecule has 0 radical (unpaired) electrons. The van der Waals surface area contributed by atoms with Crippen LogP contribution in [0, 0.1) is 6.92 Å². The van der Waals surface area contributed by atoms with E-state index in [-0.39, 0.29) is 11.7 Å². The summed E-state index contributed by atoms with van der Waals surface area (Å²) >= 11 is 0. The second kappa shape index (κ2) is 7.64. The van der Waals surface area contributed by atoms with Crippen molar-refractivity contribution in [1.82, 2.24) is 14.4 Å². The first-order chi connectivity index (χ1) is 14.7. The number of hydrogen-bond donors (Lipinski definition) is 1. The highest BCUT2D eigenvalue weighted by molar-refractivity contribution is 6.02. The van der Waals surface area contributed by atoms with Crippen LogP contribution in [-0.2, 0) is 4.74 Å².